The van der Waals surface area contributed by atoms with Gasteiger partial charge in [-0.2, -0.15) is 13.2 Å². The molecule has 0 saturated carbocycles. The van der Waals surface area contributed by atoms with Crippen LogP contribution in [0.2, 0.25) is 0 Å². The summed E-state index contributed by atoms with van der Waals surface area (Å²) in [6, 6.07) is 3.16. The Morgan fingerprint density at radius 1 is 1.44 bits per heavy atom. The smallest absolute Gasteiger partial charge is 0.387 e. The number of alkyl halides is 3. The first kappa shape index (κ1) is 14.6. The van der Waals surface area contributed by atoms with Crippen molar-refractivity contribution in [3.8, 4) is 0 Å². The van der Waals surface area contributed by atoms with Crippen LogP contribution < -0.4 is 10.6 Å². The van der Waals surface area contributed by atoms with Crippen LogP contribution >= 0.6 is 11.8 Å². The Labute approximate surface area is 106 Å². The molecule has 0 aromatic carbocycles. The van der Waals surface area contributed by atoms with Gasteiger partial charge < -0.3 is 10.6 Å². The van der Waals surface area contributed by atoms with E-state index in [2.05, 4.69) is 15.6 Å². The van der Waals surface area contributed by atoms with Crippen LogP contribution in [0.4, 0.5) is 18.9 Å². The molecule has 1 amide bonds. The number of halogens is 3. The van der Waals surface area contributed by atoms with E-state index in [1.807, 2.05) is 0 Å². The molecule has 4 nitrogen and oxygen atoms in total. The normalized spacial score (nSPS) is 11.1. The molecule has 0 unspecified atom stereocenters. The number of anilines is 1. The first-order valence-electron chi connectivity index (χ1n) is 5.05. The summed E-state index contributed by atoms with van der Waals surface area (Å²) in [7, 11) is 1.71. The van der Waals surface area contributed by atoms with Crippen LogP contribution in [0.5, 0.6) is 0 Å². The lowest BCUT2D eigenvalue weighted by molar-refractivity contribution is -0.0327. The molecular weight excluding hydrogens is 267 g/mol. The standard InChI is InChI=1S/C10H12F3N3OS/c1-14-7-2-3-8(16-6-7)9(17)15-4-5-18-10(11,12)13/h2-3,6,14H,4-5H2,1H3,(H,15,17). The first-order chi connectivity index (χ1) is 8.42. The van der Waals surface area contributed by atoms with Crippen LogP contribution in [0.15, 0.2) is 18.3 Å². The molecule has 0 spiro atoms. The van der Waals surface area contributed by atoms with Gasteiger partial charge in [-0.25, -0.2) is 4.98 Å². The van der Waals surface area contributed by atoms with Crippen molar-refractivity contribution in [2.75, 3.05) is 24.7 Å². The Morgan fingerprint density at radius 2 is 2.17 bits per heavy atom. The number of pyridine rings is 1. The van der Waals surface area contributed by atoms with E-state index in [4.69, 9.17) is 0 Å². The summed E-state index contributed by atoms with van der Waals surface area (Å²) in [5, 5.41) is 5.21. The van der Waals surface area contributed by atoms with Gasteiger partial charge in [0.15, 0.2) is 0 Å². The van der Waals surface area contributed by atoms with Gasteiger partial charge in [0.05, 0.1) is 11.9 Å². The van der Waals surface area contributed by atoms with Gasteiger partial charge >= 0.3 is 5.51 Å². The van der Waals surface area contributed by atoms with Crippen LogP contribution in [-0.2, 0) is 0 Å². The molecule has 1 aromatic rings. The topological polar surface area (TPSA) is 54.0 Å². The quantitative estimate of drug-likeness (QED) is 0.811. The second kappa shape index (κ2) is 6.48. The fourth-order valence-corrected chi connectivity index (χ4v) is 1.53. The molecule has 1 heterocycles. The molecule has 0 fully saturated rings. The van der Waals surface area contributed by atoms with Crippen LogP contribution in [-0.4, -0.2) is 35.7 Å². The highest BCUT2D eigenvalue weighted by atomic mass is 32.2. The zero-order chi connectivity index (χ0) is 13.6. The third-order valence-electron chi connectivity index (χ3n) is 1.94. The van der Waals surface area contributed by atoms with Crippen molar-refractivity contribution in [3.05, 3.63) is 24.0 Å². The maximum Gasteiger partial charge on any atom is 0.441 e. The molecule has 1 aromatic heterocycles. The molecule has 0 radical (unpaired) electrons. The van der Waals surface area contributed by atoms with Crippen molar-refractivity contribution in [3.63, 3.8) is 0 Å². The highest BCUT2D eigenvalue weighted by Crippen LogP contribution is 2.29. The number of carbonyl (C=O) groups is 1. The molecule has 0 aliphatic rings. The minimum atomic E-state index is -4.27. The number of aromatic nitrogens is 1. The zero-order valence-electron chi connectivity index (χ0n) is 9.54. The van der Waals surface area contributed by atoms with E-state index >= 15 is 0 Å². The number of hydrogen-bond acceptors (Lipinski definition) is 4. The van der Waals surface area contributed by atoms with Crippen molar-refractivity contribution in [2.24, 2.45) is 0 Å². The van der Waals surface area contributed by atoms with Crippen LogP contribution in [0, 0.1) is 0 Å². The van der Waals surface area contributed by atoms with Crippen LogP contribution in [0.1, 0.15) is 10.5 Å². The fraction of sp³-hybridized carbons (Fsp3) is 0.400. The monoisotopic (exact) mass is 279 g/mol. The fourth-order valence-electron chi connectivity index (χ4n) is 1.10. The van der Waals surface area contributed by atoms with E-state index in [-0.39, 0.29) is 29.8 Å². The van der Waals surface area contributed by atoms with Crippen molar-refractivity contribution in [2.45, 2.75) is 5.51 Å². The van der Waals surface area contributed by atoms with E-state index in [1.165, 1.54) is 12.3 Å². The summed E-state index contributed by atoms with van der Waals surface area (Å²) in [6.07, 6.45) is 1.47. The first-order valence-corrected chi connectivity index (χ1v) is 6.03. The summed E-state index contributed by atoms with van der Waals surface area (Å²) in [4.78, 5) is 15.4. The maximum absolute atomic E-state index is 11.8. The average Bonchev–Trinajstić information content (AvgIpc) is 2.33. The number of carbonyl (C=O) groups excluding carboxylic acids is 1. The molecule has 0 aliphatic heterocycles. The molecule has 18 heavy (non-hydrogen) atoms. The lowest BCUT2D eigenvalue weighted by atomic mass is 10.3. The Balaban J connectivity index is 2.36. The predicted molar refractivity (Wildman–Crippen MR) is 64.6 cm³/mol. The third-order valence-corrected chi connectivity index (χ3v) is 2.67. The minimum absolute atomic E-state index is 0.0571. The molecule has 100 valence electrons. The van der Waals surface area contributed by atoms with E-state index in [1.54, 1.807) is 13.1 Å². The van der Waals surface area contributed by atoms with Crippen LogP contribution in [0.25, 0.3) is 0 Å². The second-order valence-electron chi connectivity index (χ2n) is 3.23. The molecular formula is C10H12F3N3OS. The molecule has 1 rings (SSSR count). The van der Waals surface area contributed by atoms with Gasteiger partial charge in [0, 0.05) is 19.3 Å². The summed E-state index contributed by atoms with van der Waals surface area (Å²) < 4.78 is 35.5. The highest BCUT2D eigenvalue weighted by Gasteiger charge is 2.27. The number of thioether (sulfide) groups is 1. The third kappa shape index (κ3) is 5.26. The van der Waals surface area contributed by atoms with Crippen molar-refractivity contribution >= 4 is 23.4 Å². The number of hydrogen-bond donors (Lipinski definition) is 2. The van der Waals surface area contributed by atoms with Gasteiger partial charge in [-0.3, -0.25) is 4.79 Å². The van der Waals surface area contributed by atoms with Crippen LogP contribution in [0.3, 0.4) is 0 Å². The Morgan fingerprint density at radius 3 is 2.67 bits per heavy atom. The minimum Gasteiger partial charge on any atom is -0.387 e. The van der Waals surface area contributed by atoms with Gasteiger partial charge in [-0.15, -0.1) is 0 Å². The van der Waals surface area contributed by atoms with Crippen molar-refractivity contribution < 1.29 is 18.0 Å². The predicted octanol–water partition coefficient (Wildman–Crippen LogP) is 2.11. The highest BCUT2D eigenvalue weighted by molar-refractivity contribution is 8.00. The Bertz CT molecular complexity index is 394. The maximum atomic E-state index is 11.8. The lowest BCUT2D eigenvalue weighted by Gasteiger charge is -2.07. The summed E-state index contributed by atoms with van der Waals surface area (Å²) in [5.74, 6) is -0.704. The summed E-state index contributed by atoms with van der Waals surface area (Å²) in [6.45, 7) is -0.0571. The van der Waals surface area contributed by atoms with Crippen molar-refractivity contribution in [1.29, 1.82) is 0 Å². The Kier molecular flexibility index (Phi) is 5.26. The second-order valence-corrected chi connectivity index (χ2v) is 4.39. The van der Waals surface area contributed by atoms with E-state index in [0.717, 1.165) is 5.69 Å². The molecule has 0 aliphatic carbocycles. The van der Waals surface area contributed by atoms with Crippen molar-refractivity contribution in [1.82, 2.24) is 10.3 Å². The van der Waals surface area contributed by atoms with E-state index in [9.17, 15) is 18.0 Å². The number of rotatable bonds is 5. The number of amides is 1. The molecule has 0 saturated heterocycles. The SMILES string of the molecule is CNc1ccc(C(=O)NCCSC(F)(F)F)nc1. The van der Waals surface area contributed by atoms with E-state index < -0.39 is 11.4 Å². The van der Waals surface area contributed by atoms with Gasteiger partial charge in [0.25, 0.3) is 5.91 Å². The zero-order valence-corrected chi connectivity index (χ0v) is 10.4. The average molecular weight is 279 g/mol. The van der Waals surface area contributed by atoms with Gasteiger partial charge in [-0.1, -0.05) is 0 Å². The molecule has 0 atom stereocenters. The largest absolute Gasteiger partial charge is 0.441 e. The van der Waals surface area contributed by atoms with E-state index in [0.29, 0.717) is 0 Å². The number of nitrogens with zero attached hydrogens (tertiary/aromatic N) is 1. The summed E-state index contributed by atoms with van der Waals surface area (Å²) >= 11 is -0.168. The van der Waals surface area contributed by atoms with Gasteiger partial charge in [-0.05, 0) is 23.9 Å². The van der Waals surface area contributed by atoms with Gasteiger partial charge in [0.2, 0.25) is 0 Å². The molecule has 2 N–H and O–H groups in total. The number of nitrogens with one attached hydrogen (secondary N) is 2. The lowest BCUT2D eigenvalue weighted by Crippen LogP contribution is -2.27. The molecule has 0 bridgehead atoms. The Hall–Kier alpha value is -1.44. The summed E-state index contributed by atoms with van der Waals surface area (Å²) in [5.41, 5.74) is -3.34. The van der Waals surface area contributed by atoms with Gasteiger partial charge in [0.1, 0.15) is 5.69 Å². The molecule has 8 heteroatoms.